The lowest BCUT2D eigenvalue weighted by molar-refractivity contribution is 0.464. The number of benzene rings is 1. The number of aliphatic imine (C=N–C) groups is 1. The molecule has 28 heavy (non-hydrogen) atoms. The van der Waals surface area contributed by atoms with Crippen molar-refractivity contribution in [2.45, 2.75) is 39.5 Å². The summed E-state index contributed by atoms with van der Waals surface area (Å²) in [5, 5.41) is 17.4. The molecule has 3 N–H and O–H groups in total. The van der Waals surface area contributed by atoms with Gasteiger partial charge >= 0.3 is 0 Å². The average Bonchev–Trinajstić information content (AvgIpc) is 3.04. The van der Waals surface area contributed by atoms with Gasteiger partial charge in [-0.3, -0.25) is 4.99 Å². The van der Waals surface area contributed by atoms with Crippen LogP contribution in [0.15, 0.2) is 35.3 Å². The molecule has 2 aromatic rings. The number of unbranched alkanes of at least 4 members (excludes halogenated alkanes) is 1. The molecule has 0 radical (unpaired) electrons. The van der Waals surface area contributed by atoms with Crippen molar-refractivity contribution in [2.75, 3.05) is 32.4 Å². The molecule has 0 spiro atoms. The first kappa shape index (κ1) is 21.3. The molecule has 0 saturated heterocycles. The van der Waals surface area contributed by atoms with Crippen LogP contribution in [-0.2, 0) is 6.42 Å². The van der Waals surface area contributed by atoms with Gasteiger partial charge in [0, 0.05) is 26.7 Å². The predicted octanol–water partition coefficient (Wildman–Crippen LogP) is 2.96. The number of nitrogens with one attached hydrogen (secondary N) is 1. The van der Waals surface area contributed by atoms with Gasteiger partial charge in [-0.2, -0.15) is 10.4 Å². The number of para-hydroxylation sites is 1. The van der Waals surface area contributed by atoms with Crippen LogP contribution < -0.4 is 11.1 Å². The Bertz CT molecular complexity index is 802. The lowest BCUT2D eigenvalue weighted by atomic mass is 10.1. The Labute approximate surface area is 167 Å². The van der Waals surface area contributed by atoms with Crippen LogP contribution in [0.2, 0.25) is 0 Å². The van der Waals surface area contributed by atoms with E-state index in [2.05, 4.69) is 42.3 Å². The highest BCUT2D eigenvalue weighted by Gasteiger charge is 2.16. The van der Waals surface area contributed by atoms with E-state index < -0.39 is 0 Å². The standard InChI is InChI=1S/C21H31N7/c1-4-6-15-27(3)21(24-5-2)25-14-10-13-19-18(16-22)20(23)28(26-19)17-11-8-7-9-12-17/h7-9,11-12H,4-6,10,13-15,23H2,1-3H3,(H,24,25). The number of rotatable bonds is 9. The van der Waals surface area contributed by atoms with Crippen molar-refractivity contribution < 1.29 is 0 Å². The Balaban J connectivity index is 2.05. The minimum atomic E-state index is 0.389. The van der Waals surface area contributed by atoms with Crippen LogP contribution in [0.4, 0.5) is 5.82 Å². The highest BCUT2D eigenvalue weighted by Crippen LogP contribution is 2.21. The van der Waals surface area contributed by atoms with Crippen molar-refractivity contribution >= 4 is 11.8 Å². The fourth-order valence-electron chi connectivity index (χ4n) is 2.94. The highest BCUT2D eigenvalue weighted by molar-refractivity contribution is 5.79. The van der Waals surface area contributed by atoms with E-state index in [0.29, 0.717) is 24.3 Å². The molecule has 0 saturated carbocycles. The van der Waals surface area contributed by atoms with E-state index in [1.165, 1.54) is 0 Å². The number of hydrogen-bond donors (Lipinski definition) is 2. The number of hydrogen-bond acceptors (Lipinski definition) is 4. The van der Waals surface area contributed by atoms with Gasteiger partial charge in [0.25, 0.3) is 0 Å². The molecule has 0 aliphatic rings. The fourth-order valence-corrected chi connectivity index (χ4v) is 2.94. The van der Waals surface area contributed by atoms with E-state index in [-0.39, 0.29) is 0 Å². The minimum Gasteiger partial charge on any atom is -0.382 e. The molecule has 0 unspecified atom stereocenters. The molecule has 1 heterocycles. The second-order valence-electron chi connectivity index (χ2n) is 6.68. The van der Waals surface area contributed by atoms with Crippen LogP contribution in [0, 0.1) is 11.3 Å². The first-order chi connectivity index (χ1) is 13.6. The van der Waals surface area contributed by atoms with Gasteiger partial charge in [-0.15, -0.1) is 0 Å². The van der Waals surface area contributed by atoms with Gasteiger partial charge in [0.1, 0.15) is 17.5 Å². The molecule has 0 amide bonds. The Morgan fingerprint density at radius 3 is 2.68 bits per heavy atom. The number of anilines is 1. The Kier molecular flexibility index (Phi) is 8.35. The number of nitriles is 1. The third-order valence-corrected chi connectivity index (χ3v) is 4.48. The molecular weight excluding hydrogens is 350 g/mol. The van der Waals surface area contributed by atoms with Crippen molar-refractivity contribution in [1.29, 1.82) is 5.26 Å². The Hall–Kier alpha value is -3.01. The third kappa shape index (κ3) is 5.49. The predicted molar refractivity (Wildman–Crippen MR) is 115 cm³/mol. The average molecular weight is 382 g/mol. The van der Waals surface area contributed by atoms with Crippen molar-refractivity contribution in [3.8, 4) is 11.8 Å². The highest BCUT2D eigenvalue weighted by atomic mass is 15.3. The molecule has 0 fully saturated rings. The molecule has 2 rings (SSSR count). The summed E-state index contributed by atoms with van der Waals surface area (Å²) < 4.78 is 1.64. The summed E-state index contributed by atoms with van der Waals surface area (Å²) in [4.78, 5) is 6.87. The summed E-state index contributed by atoms with van der Waals surface area (Å²) in [6, 6.07) is 11.8. The summed E-state index contributed by atoms with van der Waals surface area (Å²) in [5.41, 5.74) is 8.20. The van der Waals surface area contributed by atoms with Crippen LogP contribution in [-0.4, -0.2) is 47.3 Å². The van der Waals surface area contributed by atoms with E-state index in [4.69, 9.17) is 10.7 Å². The van der Waals surface area contributed by atoms with Gasteiger partial charge in [-0.05, 0) is 38.3 Å². The van der Waals surface area contributed by atoms with Crippen LogP contribution in [0.5, 0.6) is 0 Å². The fraction of sp³-hybridized carbons (Fsp3) is 0.476. The van der Waals surface area contributed by atoms with Crippen molar-refractivity contribution in [3.05, 3.63) is 41.6 Å². The molecule has 0 aliphatic heterocycles. The molecular formula is C21H31N7. The molecule has 150 valence electrons. The van der Waals surface area contributed by atoms with Gasteiger partial charge < -0.3 is 16.0 Å². The summed E-state index contributed by atoms with van der Waals surface area (Å²) in [6.07, 6.45) is 3.76. The van der Waals surface area contributed by atoms with Crippen LogP contribution in [0.25, 0.3) is 5.69 Å². The summed E-state index contributed by atoms with van der Waals surface area (Å²) in [5.74, 6) is 1.31. The monoisotopic (exact) mass is 381 g/mol. The maximum atomic E-state index is 9.50. The van der Waals surface area contributed by atoms with Crippen LogP contribution in [0.1, 0.15) is 44.4 Å². The largest absolute Gasteiger partial charge is 0.382 e. The molecule has 1 aromatic heterocycles. The lowest BCUT2D eigenvalue weighted by Crippen LogP contribution is -2.39. The van der Waals surface area contributed by atoms with Crippen molar-refractivity contribution in [3.63, 3.8) is 0 Å². The second-order valence-corrected chi connectivity index (χ2v) is 6.68. The van der Waals surface area contributed by atoms with Gasteiger partial charge in [0.15, 0.2) is 5.96 Å². The molecule has 7 nitrogen and oxygen atoms in total. The summed E-state index contributed by atoms with van der Waals surface area (Å²) in [6.45, 7) is 6.75. The number of guanidine groups is 1. The lowest BCUT2D eigenvalue weighted by Gasteiger charge is -2.21. The zero-order valence-corrected chi connectivity index (χ0v) is 17.1. The van der Waals surface area contributed by atoms with Crippen molar-refractivity contribution in [1.82, 2.24) is 20.0 Å². The van der Waals surface area contributed by atoms with E-state index in [1.54, 1.807) is 4.68 Å². The van der Waals surface area contributed by atoms with E-state index >= 15 is 0 Å². The normalized spacial score (nSPS) is 11.3. The number of nitrogens with two attached hydrogens (primary N) is 1. The molecule has 0 bridgehead atoms. The number of aromatic nitrogens is 2. The topological polar surface area (TPSA) is 95.3 Å². The van der Waals surface area contributed by atoms with Crippen LogP contribution >= 0.6 is 0 Å². The smallest absolute Gasteiger partial charge is 0.193 e. The van der Waals surface area contributed by atoms with Gasteiger partial charge in [0.2, 0.25) is 0 Å². The maximum absolute atomic E-state index is 9.50. The van der Waals surface area contributed by atoms with E-state index in [1.807, 2.05) is 30.3 Å². The van der Waals surface area contributed by atoms with E-state index in [0.717, 1.165) is 49.7 Å². The van der Waals surface area contributed by atoms with Crippen LogP contribution in [0.3, 0.4) is 0 Å². The minimum absolute atomic E-state index is 0.389. The molecule has 7 heteroatoms. The van der Waals surface area contributed by atoms with Gasteiger partial charge in [0.05, 0.1) is 11.4 Å². The number of nitrogens with zero attached hydrogens (tertiary/aromatic N) is 5. The van der Waals surface area contributed by atoms with Gasteiger partial charge in [-0.1, -0.05) is 31.5 Å². The quantitative estimate of drug-likeness (QED) is 0.395. The number of nitrogen functional groups attached to an aromatic ring is 1. The second kappa shape index (κ2) is 11.0. The molecule has 0 aliphatic carbocycles. The Morgan fingerprint density at radius 1 is 1.29 bits per heavy atom. The first-order valence-electron chi connectivity index (χ1n) is 9.94. The first-order valence-corrected chi connectivity index (χ1v) is 9.94. The molecule has 0 atom stereocenters. The Morgan fingerprint density at radius 2 is 2.04 bits per heavy atom. The zero-order valence-electron chi connectivity index (χ0n) is 17.1. The third-order valence-electron chi connectivity index (χ3n) is 4.48. The zero-order chi connectivity index (χ0) is 20.4. The number of aryl methyl sites for hydroxylation is 1. The van der Waals surface area contributed by atoms with Gasteiger partial charge in [-0.25, -0.2) is 4.68 Å². The molecule has 1 aromatic carbocycles. The maximum Gasteiger partial charge on any atom is 0.193 e. The summed E-state index contributed by atoms with van der Waals surface area (Å²) >= 11 is 0. The SMILES string of the molecule is CCCCN(C)C(=NCCCc1nn(-c2ccccc2)c(N)c1C#N)NCC. The van der Waals surface area contributed by atoms with Crippen molar-refractivity contribution in [2.24, 2.45) is 4.99 Å². The summed E-state index contributed by atoms with van der Waals surface area (Å²) in [7, 11) is 2.06. The van der Waals surface area contributed by atoms with E-state index in [9.17, 15) is 5.26 Å².